The van der Waals surface area contributed by atoms with E-state index in [4.69, 9.17) is 14.6 Å². The molecule has 1 heterocycles. The summed E-state index contributed by atoms with van der Waals surface area (Å²) < 4.78 is 12.4. The molecule has 5 atom stereocenters. The average molecular weight is 548 g/mol. The van der Waals surface area contributed by atoms with Crippen LogP contribution in [0.2, 0.25) is 0 Å². The summed E-state index contributed by atoms with van der Waals surface area (Å²) in [5, 5.41) is 7.00. The number of hydrogen-bond donors (Lipinski definition) is 1. The van der Waals surface area contributed by atoms with Gasteiger partial charge in [0.15, 0.2) is 5.79 Å². The number of likely N-dealkylation sites (N-methyl/N-ethyl adjacent to an activating group) is 1. The van der Waals surface area contributed by atoms with Crippen LogP contribution in [0.5, 0.6) is 0 Å². The number of aliphatic hydroxyl groups is 1. The minimum absolute atomic E-state index is 0.0877. The lowest BCUT2D eigenvalue weighted by Gasteiger charge is -2.53. The molecular weight excluding hydrogens is 498 g/mol. The van der Waals surface area contributed by atoms with E-state index in [0.29, 0.717) is 41.4 Å². The number of allylic oxidation sites excluding steroid dienone is 4. The predicted molar refractivity (Wildman–Crippen MR) is 154 cm³/mol. The second-order valence-corrected chi connectivity index (χ2v) is 14.9. The molecule has 40 heavy (non-hydrogen) atoms. The number of hydrogen-bond acceptors (Lipinski definition) is 5. The number of fused-ring (bicyclic) bond motifs is 7. The standard InChI is InChI=1S/C34H45NO3.CH4O/c1-33-18-25(31-29-23-16-24(30(29)31)32(23)35(2)20-6-4-3-5-7-20)28-21-12-13-34(37-14-15-38-34)17-19(21)8-9-22(28)26(33)10-11-27(33)36;1-2/h19-20,22,25-26,31-32H,3-18H2,1-2H3;2H,1H3. The number of carbonyl (C=O) groups excluding carboxylic acids is 1. The Labute approximate surface area is 240 Å². The smallest absolute Gasteiger partial charge is 0.169 e. The van der Waals surface area contributed by atoms with E-state index in [1.165, 1.54) is 51.4 Å². The first-order valence-electron chi connectivity index (χ1n) is 16.7. The van der Waals surface area contributed by atoms with Crippen LogP contribution < -0.4 is 0 Å². The van der Waals surface area contributed by atoms with Gasteiger partial charge in [-0.15, -0.1) is 0 Å². The molecule has 0 aromatic heterocycles. The van der Waals surface area contributed by atoms with Crippen LogP contribution in [0.1, 0.15) is 96.8 Å². The van der Waals surface area contributed by atoms with Crippen molar-refractivity contribution < 1.29 is 19.4 Å². The van der Waals surface area contributed by atoms with Gasteiger partial charge in [-0.2, -0.15) is 0 Å². The van der Waals surface area contributed by atoms with Gasteiger partial charge in [-0.1, -0.05) is 37.3 Å². The van der Waals surface area contributed by atoms with E-state index in [-0.39, 0.29) is 11.2 Å². The third-order valence-corrected chi connectivity index (χ3v) is 13.4. The van der Waals surface area contributed by atoms with Crippen LogP contribution in [0.15, 0.2) is 33.4 Å². The molecule has 7 fully saturated rings. The zero-order valence-corrected chi connectivity index (χ0v) is 25.0. The molecule has 5 unspecified atom stereocenters. The molecule has 1 aliphatic heterocycles. The zero-order valence-electron chi connectivity index (χ0n) is 25.0. The molecule has 6 saturated carbocycles. The lowest BCUT2D eigenvalue weighted by molar-refractivity contribution is -0.181. The van der Waals surface area contributed by atoms with Crippen molar-refractivity contribution in [2.75, 3.05) is 27.4 Å². The summed E-state index contributed by atoms with van der Waals surface area (Å²) in [7, 11) is 3.42. The summed E-state index contributed by atoms with van der Waals surface area (Å²) in [5.74, 6) is 3.36. The second-order valence-electron chi connectivity index (χ2n) is 14.9. The topological polar surface area (TPSA) is 59.0 Å². The van der Waals surface area contributed by atoms with Crippen LogP contribution in [0, 0.1) is 35.0 Å². The molecule has 1 saturated heterocycles. The van der Waals surface area contributed by atoms with Crippen LogP contribution in [0.4, 0.5) is 0 Å². The van der Waals surface area contributed by atoms with Crippen molar-refractivity contribution in [3.05, 3.63) is 33.4 Å². The average Bonchev–Trinajstić information content (AvgIpc) is 3.33. The van der Waals surface area contributed by atoms with Crippen molar-refractivity contribution >= 4 is 5.78 Å². The van der Waals surface area contributed by atoms with Gasteiger partial charge in [-0.3, -0.25) is 9.69 Å². The molecular formula is C35H49NO4. The molecule has 5 nitrogen and oxygen atoms in total. The highest BCUT2D eigenvalue weighted by Crippen LogP contribution is 2.73. The molecule has 0 aromatic carbocycles. The fraction of sp³-hybridized carbons (Fsp3) is 0.800. The number of nitrogens with zero attached hydrogens (tertiary/aromatic N) is 1. The lowest BCUT2D eigenvalue weighted by Crippen LogP contribution is -2.48. The second kappa shape index (κ2) is 9.36. The van der Waals surface area contributed by atoms with Crippen molar-refractivity contribution in [3.63, 3.8) is 0 Å². The zero-order chi connectivity index (χ0) is 27.4. The van der Waals surface area contributed by atoms with Gasteiger partial charge in [-0.05, 0) is 104 Å². The monoisotopic (exact) mass is 547 g/mol. The van der Waals surface area contributed by atoms with Gasteiger partial charge in [0, 0.05) is 43.7 Å². The van der Waals surface area contributed by atoms with Gasteiger partial charge in [0.1, 0.15) is 5.78 Å². The SMILES string of the molecule is CN(C1CCCCC1)C1C2=C3C(=C1C2)C3C1CC2(C)C(=O)CCC2C2CCC3CC4(CCC3=C12)OCCO4.CO. The highest BCUT2D eigenvalue weighted by Gasteiger charge is 2.65. The Kier molecular flexibility index (Phi) is 6.17. The van der Waals surface area contributed by atoms with Crippen molar-refractivity contribution in [2.24, 2.45) is 35.0 Å². The molecule has 9 aliphatic rings. The molecule has 1 spiro atoms. The van der Waals surface area contributed by atoms with E-state index < -0.39 is 0 Å². The number of rotatable bonds is 3. The summed E-state index contributed by atoms with van der Waals surface area (Å²) in [6.45, 7) is 3.90. The number of Topliss-reactive ketones (excluding diaryl/α,β-unsaturated/α-hetero) is 1. The minimum Gasteiger partial charge on any atom is -0.400 e. The molecule has 2 bridgehead atoms. The normalized spacial score (nSPS) is 40.2. The van der Waals surface area contributed by atoms with Crippen molar-refractivity contribution in [1.29, 1.82) is 0 Å². The summed E-state index contributed by atoms with van der Waals surface area (Å²) in [4.78, 5) is 16.2. The van der Waals surface area contributed by atoms with Crippen molar-refractivity contribution in [3.8, 4) is 0 Å². The van der Waals surface area contributed by atoms with Gasteiger partial charge >= 0.3 is 0 Å². The largest absolute Gasteiger partial charge is 0.400 e. The molecule has 1 N–H and O–H groups in total. The Balaban J connectivity index is 0.00000120. The first-order valence-corrected chi connectivity index (χ1v) is 16.7. The summed E-state index contributed by atoms with van der Waals surface area (Å²) in [6.07, 6.45) is 17.2. The first kappa shape index (κ1) is 26.4. The van der Waals surface area contributed by atoms with Crippen LogP contribution >= 0.6 is 0 Å². The van der Waals surface area contributed by atoms with E-state index in [1.54, 1.807) is 27.9 Å². The highest BCUT2D eigenvalue weighted by atomic mass is 16.7. The van der Waals surface area contributed by atoms with E-state index >= 15 is 0 Å². The van der Waals surface area contributed by atoms with Crippen molar-refractivity contribution in [1.82, 2.24) is 4.90 Å². The Hall–Kier alpha value is -1.27. The molecule has 218 valence electrons. The molecule has 0 aromatic rings. The van der Waals surface area contributed by atoms with E-state index in [1.807, 2.05) is 5.57 Å². The Bertz CT molecular complexity index is 1170. The van der Waals surface area contributed by atoms with Gasteiger partial charge in [0.2, 0.25) is 0 Å². The maximum Gasteiger partial charge on any atom is 0.169 e. The first-order chi connectivity index (χ1) is 19.5. The van der Waals surface area contributed by atoms with Gasteiger partial charge in [0.25, 0.3) is 0 Å². The molecule has 9 rings (SSSR count). The van der Waals surface area contributed by atoms with E-state index in [2.05, 4.69) is 18.9 Å². The highest BCUT2D eigenvalue weighted by molar-refractivity contribution is 5.88. The number of carbonyl (C=O) groups is 1. The van der Waals surface area contributed by atoms with Crippen LogP contribution in [-0.4, -0.2) is 61.0 Å². The Morgan fingerprint density at radius 3 is 2.30 bits per heavy atom. The molecule has 5 heteroatoms. The van der Waals surface area contributed by atoms with E-state index in [0.717, 1.165) is 64.9 Å². The third kappa shape index (κ3) is 3.50. The number of ether oxygens (including phenoxy) is 2. The summed E-state index contributed by atoms with van der Waals surface area (Å²) >= 11 is 0. The van der Waals surface area contributed by atoms with Crippen LogP contribution in [0.25, 0.3) is 0 Å². The van der Waals surface area contributed by atoms with Crippen LogP contribution in [-0.2, 0) is 14.3 Å². The molecule has 8 aliphatic carbocycles. The fourth-order valence-electron chi connectivity index (χ4n) is 11.7. The Morgan fingerprint density at radius 1 is 0.850 bits per heavy atom. The van der Waals surface area contributed by atoms with Gasteiger partial charge < -0.3 is 14.6 Å². The molecule has 0 amide bonds. The minimum atomic E-state index is -0.298. The van der Waals surface area contributed by atoms with E-state index in [9.17, 15) is 4.79 Å². The van der Waals surface area contributed by atoms with Gasteiger partial charge in [0.05, 0.1) is 19.3 Å². The number of ketones is 1. The number of aliphatic hydroxyl groups excluding tert-OH is 1. The fourth-order valence-corrected chi connectivity index (χ4v) is 11.7. The maximum atomic E-state index is 13.4. The summed E-state index contributed by atoms with van der Waals surface area (Å²) in [5.41, 5.74) is 10.7. The Morgan fingerprint density at radius 2 is 1.57 bits per heavy atom. The van der Waals surface area contributed by atoms with Crippen LogP contribution in [0.3, 0.4) is 0 Å². The maximum absolute atomic E-state index is 13.4. The summed E-state index contributed by atoms with van der Waals surface area (Å²) in [6, 6.07) is 1.42. The third-order valence-electron chi connectivity index (χ3n) is 13.4. The molecule has 0 radical (unpaired) electrons. The predicted octanol–water partition coefficient (Wildman–Crippen LogP) is 6.12. The lowest BCUT2D eigenvalue weighted by atomic mass is 9.52. The van der Waals surface area contributed by atoms with Gasteiger partial charge in [-0.25, -0.2) is 0 Å². The quantitative estimate of drug-likeness (QED) is 0.431. The van der Waals surface area contributed by atoms with Crippen molar-refractivity contribution in [2.45, 2.75) is 115 Å².